The van der Waals surface area contributed by atoms with Gasteiger partial charge in [-0.25, -0.2) is 9.78 Å². The third-order valence-electron chi connectivity index (χ3n) is 5.39. The van der Waals surface area contributed by atoms with Crippen molar-refractivity contribution in [1.29, 1.82) is 0 Å². The number of carbonyl (C=O) groups excluding carboxylic acids is 2. The molecule has 0 saturated heterocycles. The molecular formula is C23H27N5O5. The van der Waals surface area contributed by atoms with Crippen LogP contribution < -0.4 is 21.3 Å². The monoisotopic (exact) mass is 453 g/mol. The lowest BCUT2D eigenvalue weighted by molar-refractivity contribution is -0.130. The van der Waals surface area contributed by atoms with Crippen molar-refractivity contribution >= 4 is 22.8 Å². The Morgan fingerprint density at radius 1 is 1.09 bits per heavy atom. The minimum Gasteiger partial charge on any atom is -0.483 e. The summed E-state index contributed by atoms with van der Waals surface area (Å²) in [6, 6.07) is 9.72. The highest BCUT2D eigenvalue weighted by Crippen LogP contribution is 2.27. The van der Waals surface area contributed by atoms with Gasteiger partial charge in [-0.2, -0.15) is 0 Å². The fourth-order valence-electron chi connectivity index (χ4n) is 3.38. The number of para-hydroxylation sites is 1. The maximum absolute atomic E-state index is 13.0. The molecule has 0 aliphatic carbocycles. The minimum atomic E-state index is -0.526. The summed E-state index contributed by atoms with van der Waals surface area (Å²) in [5, 5.41) is 3.17. The van der Waals surface area contributed by atoms with E-state index in [4.69, 9.17) is 4.74 Å². The Balaban J connectivity index is 1.89. The Bertz CT molecular complexity index is 1330. The number of nitrogens with one attached hydrogen (secondary N) is 1. The van der Waals surface area contributed by atoms with Gasteiger partial charge in [0.2, 0.25) is 0 Å². The Morgan fingerprint density at radius 3 is 2.45 bits per heavy atom. The van der Waals surface area contributed by atoms with E-state index in [1.807, 2.05) is 19.1 Å². The molecule has 174 valence electrons. The summed E-state index contributed by atoms with van der Waals surface area (Å²) >= 11 is 0. The van der Waals surface area contributed by atoms with Gasteiger partial charge < -0.3 is 15.0 Å². The van der Waals surface area contributed by atoms with Crippen LogP contribution >= 0.6 is 0 Å². The number of hydrogen-bond acceptors (Lipinski definition) is 6. The van der Waals surface area contributed by atoms with Crippen molar-refractivity contribution in [3.63, 3.8) is 0 Å². The molecule has 1 N–H and O–H groups in total. The standard InChI is InChI=1S/C23H27N5O5/c1-6-16(14-9-7-8-10-18(14)33-13-19(29)26(2)3)25-21(30)17-12-11-15-20(24-17)27(4)23(32)28(5)22(15)31/h7-12,16H,6,13H2,1-5H3,(H,25,30). The number of likely N-dealkylation sites (N-methyl/N-ethyl adjacent to an activating group) is 1. The van der Waals surface area contributed by atoms with Crippen LogP contribution in [0.5, 0.6) is 5.75 Å². The molecule has 0 radical (unpaired) electrons. The van der Waals surface area contributed by atoms with Crippen molar-refractivity contribution in [2.24, 2.45) is 14.1 Å². The zero-order chi connectivity index (χ0) is 24.3. The lowest BCUT2D eigenvalue weighted by atomic mass is 10.0. The van der Waals surface area contributed by atoms with E-state index in [9.17, 15) is 19.2 Å². The lowest BCUT2D eigenvalue weighted by Gasteiger charge is -2.21. The summed E-state index contributed by atoms with van der Waals surface area (Å²) in [5.74, 6) is -0.146. The fraction of sp³-hybridized carbons (Fsp3) is 0.348. The molecular weight excluding hydrogens is 426 g/mol. The van der Waals surface area contributed by atoms with Crippen LogP contribution in [0, 0.1) is 0 Å². The van der Waals surface area contributed by atoms with E-state index < -0.39 is 23.2 Å². The van der Waals surface area contributed by atoms with Crippen LogP contribution in [-0.2, 0) is 18.9 Å². The van der Waals surface area contributed by atoms with Crippen molar-refractivity contribution in [3.05, 3.63) is 68.5 Å². The van der Waals surface area contributed by atoms with Crippen LogP contribution in [0.1, 0.15) is 35.4 Å². The first kappa shape index (κ1) is 23.7. The maximum Gasteiger partial charge on any atom is 0.332 e. The molecule has 0 fully saturated rings. The average Bonchev–Trinajstić information content (AvgIpc) is 2.82. The number of carbonyl (C=O) groups is 2. The van der Waals surface area contributed by atoms with Gasteiger partial charge in [0, 0.05) is 33.8 Å². The predicted octanol–water partition coefficient (Wildman–Crippen LogP) is 0.980. The highest BCUT2D eigenvalue weighted by Gasteiger charge is 2.20. The van der Waals surface area contributed by atoms with Gasteiger partial charge in [0.15, 0.2) is 6.61 Å². The number of aryl methyl sites for hydroxylation is 1. The molecule has 10 nitrogen and oxygen atoms in total. The molecule has 0 saturated carbocycles. The SMILES string of the molecule is CCC(NC(=O)c1ccc2c(=O)n(C)c(=O)n(C)c2n1)c1ccccc1OCC(=O)N(C)C. The Kier molecular flexibility index (Phi) is 6.95. The molecule has 10 heteroatoms. The van der Waals surface area contributed by atoms with Crippen LogP contribution in [0.15, 0.2) is 46.0 Å². The Hall–Kier alpha value is -3.95. The van der Waals surface area contributed by atoms with Gasteiger partial charge in [-0.1, -0.05) is 25.1 Å². The zero-order valence-electron chi connectivity index (χ0n) is 19.3. The number of rotatable bonds is 7. The summed E-state index contributed by atoms with van der Waals surface area (Å²) in [6.07, 6.45) is 0.556. The van der Waals surface area contributed by atoms with Crippen molar-refractivity contribution in [2.75, 3.05) is 20.7 Å². The second kappa shape index (κ2) is 9.68. The Labute approximate surface area is 190 Å². The first-order chi connectivity index (χ1) is 15.6. The van der Waals surface area contributed by atoms with Gasteiger partial charge in [-0.05, 0) is 24.6 Å². The van der Waals surface area contributed by atoms with E-state index in [0.29, 0.717) is 12.2 Å². The zero-order valence-corrected chi connectivity index (χ0v) is 19.3. The summed E-state index contributed by atoms with van der Waals surface area (Å²) in [4.78, 5) is 55.2. The number of benzene rings is 1. The van der Waals surface area contributed by atoms with Crippen molar-refractivity contribution in [2.45, 2.75) is 19.4 Å². The van der Waals surface area contributed by atoms with Crippen LogP contribution in [0.3, 0.4) is 0 Å². The lowest BCUT2D eigenvalue weighted by Crippen LogP contribution is -2.37. The van der Waals surface area contributed by atoms with Crippen LogP contribution in [0.4, 0.5) is 0 Å². The summed E-state index contributed by atoms with van der Waals surface area (Å²) < 4.78 is 7.93. The number of fused-ring (bicyclic) bond motifs is 1. The molecule has 2 amide bonds. The van der Waals surface area contributed by atoms with E-state index in [2.05, 4.69) is 10.3 Å². The average molecular weight is 453 g/mol. The second-order valence-electron chi connectivity index (χ2n) is 7.82. The molecule has 3 rings (SSSR count). The molecule has 1 aromatic carbocycles. The predicted molar refractivity (Wildman–Crippen MR) is 123 cm³/mol. The first-order valence-electron chi connectivity index (χ1n) is 10.4. The van der Waals surface area contributed by atoms with Gasteiger partial charge >= 0.3 is 5.69 Å². The quantitative estimate of drug-likeness (QED) is 0.570. The molecule has 33 heavy (non-hydrogen) atoms. The number of nitrogens with zero attached hydrogens (tertiary/aromatic N) is 4. The molecule has 2 heterocycles. The van der Waals surface area contributed by atoms with Crippen molar-refractivity contribution < 1.29 is 14.3 Å². The summed E-state index contributed by atoms with van der Waals surface area (Å²) in [5.41, 5.74) is -0.0678. The summed E-state index contributed by atoms with van der Waals surface area (Å²) in [6.45, 7) is 1.79. The molecule has 3 aromatic rings. The van der Waals surface area contributed by atoms with Crippen LogP contribution in [0.2, 0.25) is 0 Å². The van der Waals surface area contributed by atoms with Gasteiger partial charge in [-0.15, -0.1) is 0 Å². The molecule has 0 aliphatic heterocycles. The second-order valence-corrected chi connectivity index (χ2v) is 7.82. The van der Waals surface area contributed by atoms with Crippen molar-refractivity contribution in [1.82, 2.24) is 24.3 Å². The van der Waals surface area contributed by atoms with Gasteiger partial charge in [-0.3, -0.25) is 23.5 Å². The number of aromatic nitrogens is 3. The molecule has 1 unspecified atom stereocenters. The third-order valence-corrected chi connectivity index (χ3v) is 5.39. The molecule has 2 aromatic heterocycles. The number of amides is 2. The number of pyridine rings is 1. The van der Waals surface area contributed by atoms with Crippen LogP contribution in [-0.4, -0.2) is 51.5 Å². The molecule has 0 aliphatic rings. The first-order valence-corrected chi connectivity index (χ1v) is 10.4. The van der Waals surface area contributed by atoms with Gasteiger partial charge in [0.1, 0.15) is 17.1 Å². The highest BCUT2D eigenvalue weighted by molar-refractivity contribution is 5.94. The number of ether oxygens (including phenoxy) is 1. The molecule has 0 bridgehead atoms. The highest BCUT2D eigenvalue weighted by atomic mass is 16.5. The van der Waals surface area contributed by atoms with Gasteiger partial charge in [0.25, 0.3) is 17.4 Å². The topological polar surface area (TPSA) is 116 Å². The third kappa shape index (κ3) is 4.79. The van der Waals surface area contributed by atoms with E-state index >= 15 is 0 Å². The fourth-order valence-corrected chi connectivity index (χ4v) is 3.38. The van der Waals surface area contributed by atoms with Crippen LogP contribution in [0.25, 0.3) is 11.0 Å². The van der Waals surface area contributed by atoms with Gasteiger partial charge in [0.05, 0.1) is 11.4 Å². The van der Waals surface area contributed by atoms with E-state index in [1.54, 1.807) is 26.2 Å². The molecule has 0 spiro atoms. The van der Waals surface area contributed by atoms with E-state index in [-0.39, 0.29) is 29.2 Å². The smallest absolute Gasteiger partial charge is 0.332 e. The summed E-state index contributed by atoms with van der Waals surface area (Å²) in [7, 11) is 6.18. The Morgan fingerprint density at radius 2 is 1.79 bits per heavy atom. The number of hydrogen-bond donors (Lipinski definition) is 1. The van der Waals surface area contributed by atoms with Crippen molar-refractivity contribution in [3.8, 4) is 5.75 Å². The largest absolute Gasteiger partial charge is 0.483 e. The maximum atomic E-state index is 13.0. The normalized spacial score (nSPS) is 11.8. The van der Waals surface area contributed by atoms with E-state index in [1.165, 1.54) is 35.7 Å². The minimum absolute atomic E-state index is 0.0744. The molecule has 1 atom stereocenters. The van der Waals surface area contributed by atoms with E-state index in [0.717, 1.165) is 10.1 Å².